The topological polar surface area (TPSA) is 41.5 Å². The molecule has 3 heteroatoms. The summed E-state index contributed by atoms with van der Waals surface area (Å²) in [6, 6.07) is 26.1. The molecule has 0 aromatic heterocycles. The zero-order valence-electron chi connectivity index (χ0n) is 15.1. The number of aliphatic hydroxyl groups excluding tert-OH is 1. The highest BCUT2D eigenvalue weighted by atomic mass is 16.5. The molecule has 26 heavy (non-hydrogen) atoms. The Hall–Kier alpha value is -2.62. The van der Waals surface area contributed by atoms with Crippen molar-refractivity contribution in [1.82, 2.24) is 5.32 Å². The SMILES string of the molecule is Cc1cccc(COc2ccc(CNC[C@@H](O)c3ccccc3)cc2)c1. The second-order valence-corrected chi connectivity index (χ2v) is 6.48. The summed E-state index contributed by atoms with van der Waals surface area (Å²) in [5, 5.41) is 13.5. The number of aryl methyl sites for hydroxylation is 1. The first-order valence-corrected chi connectivity index (χ1v) is 8.92. The third-order valence-corrected chi connectivity index (χ3v) is 4.26. The van der Waals surface area contributed by atoms with Gasteiger partial charge in [0.25, 0.3) is 0 Å². The van der Waals surface area contributed by atoms with E-state index in [1.165, 1.54) is 11.1 Å². The van der Waals surface area contributed by atoms with Gasteiger partial charge in [-0.25, -0.2) is 0 Å². The minimum absolute atomic E-state index is 0.492. The van der Waals surface area contributed by atoms with Crippen LogP contribution >= 0.6 is 0 Å². The summed E-state index contributed by atoms with van der Waals surface area (Å²) in [4.78, 5) is 0. The van der Waals surface area contributed by atoms with Gasteiger partial charge in [-0.2, -0.15) is 0 Å². The molecule has 0 radical (unpaired) electrons. The molecule has 3 rings (SSSR count). The van der Waals surface area contributed by atoms with Crippen molar-refractivity contribution in [2.75, 3.05) is 6.54 Å². The maximum absolute atomic E-state index is 10.2. The molecule has 1 atom stereocenters. The number of aliphatic hydroxyl groups is 1. The zero-order valence-corrected chi connectivity index (χ0v) is 15.1. The van der Waals surface area contributed by atoms with Crippen LogP contribution in [0.2, 0.25) is 0 Å². The van der Waals surface area contributed by atoms with Crippen molar-refractivity contribution >= 4 is 0 Å². The van der Waals surface area contributed by atoms with Gasteiger partial charge in [-0.1, -0.05) is 72.3 Å². The average molecular weight is 347 g/mol. The molecule has 0 saturated carbocycles. The van der Waals surface area contributed by atoms with Crippen molar-refractivity contribution in [3.63, 3.8) is 0 Å². The Morgan fingerprint density at radius 3 is 2.38 bits per heavy atom. The summed E-state index contributed by atoms with van der Waals surface area (Å²) >= 11 is 0. The van der Waals surface area contributed by atoms with Crippen molar-refractivity contribution in [2.24, 2.45) is 0 Å². The first-order chi connectivity index (χ1) is 12.7. The molecule has 0 unspecified atom stereocenters. The van der Waals surface area contributed by atoms with Gasteiger partial charge in [0.2, 0.25) is 0 Å². The Labute approximate surface area is 155 Å². The molecule has 0 aliphatic heterocycles. The molecule has 0 saturated heterocycles. The van der Waals surface area contributed by atoms with Crippen molar-refractivity contribution in [3.8, 4) is 5.75 Å². The normalized spacial score (nSPS) is 11.9. The van der Waals surface area contributed by atoms with Crippen LogP contribution in [0.3, 0.4) is 0 Å². The van der Waals surface area contributed by atoms with E-state index in [0.29, 0.717) is 19.7 Å². The highest BCUT2D eigenvalue weighted by molar-refractivity contribution is 5.28. The zero-order chi connectivity index (χ0) is 18.2. The predicted octanol–water partition coefficient (Wildman–Crippen LogP) is 4.40. The van der Waals surface area contributed by atoms with Crippen molar-refractivity contribution in [2.45, 2.75) is 26.2 Å². The highest BCUT2D eigenvalue weighted by Crippen LogP contribution is 2.15. The number of hydrogen-bond donors (Lipinski definition) is 2. The summed E-state index contributed by atoms with van der Waals surface area (Å²) < 4.78 is 5.84. The molecule has 2 N–H and O–H groups in total. The Balaban J connectivity index is 1.44. The van der Waals surface area contributed by atoms with E-state index in [4.69, 9.17) is 4.74 Å². The standard InChI is InChI=1S/C23H25NO2/c1-18-6-5-7-20(14-18)17-26-22-12-10-19(11-13-22)15-24-16-23(25)21-8-3-2-4-9-21/h2-14,23-25H,15-17H2,1H3/t23-/m1/s1. The van der Waals surface area contributed by atoms with E-state index >= 15 is 0 Å². The molecule has 134 valence electrons. The summed E-state index contributed by atoms with van der Waals surface area (Å²) in [7, 11) is 0. The summed E-state index contributed by atoms with van der Waals surface area (Å²) in [5.74, 6) is 0.861. The van der Waals surface area contributed by atoms with Gasteiger partial charge in [-0.3, -0.25) is 0 Å². The molecule has 0 bridgehead atoms. The van der Waals surface area contributed by atoms with Gasteiger partial charge >= 0.3 is 0 Å². The van der Waals surface area contributed by atoms with E-state index in [1.807, 2.05) is 60.7 Å². The first-order valence-electron chi connectivity index (χ1n) is 8.92. The van der Waals surface area contributed by atoms with E-state index in [2.05, 4.69) is 30.4 Å². The minimum atomic E-state index is -0.492. The largest absolute Gasteiger partial charge is 0.489 e. The maximum Gasteiger partial charge on any atom is 0.119 e. The molecule has 0 aliphatic carbocycles. The third-order valence-electron chi connectivity index (χ3n) is 4.26. The Bertz CT molecular complexity index is 800. The number of ether oxygens (including phenoxy) is 1. The first kappa shape index (κ1) is 18.2. The lowest BCUT2D eigenvalue weighted by Crippen LogP contribution is -2.20. The molecule has 3 aromatic carbocycles. The lowest BCUT2D eigenvalue weighted by atomic mass is 10.1. The van der Waals surface area contributed by atoms with Gasteiger partial charge in [-0.15, -0.1) is 0 Å². The van der Waals surface area contributed by atoms with Crippen LogP contribution < -0.4 is 10.1 Å². The minimum Gasteiger partial charge on any atom is -0.489 e. The second-order valence-electron chi connectivity index (χ2n) is 6.48. The molecular weight excluding hydrogens is 322 g/mol. The molecular formula is C23H25NO2. The summed E-state index contributed by atoms with van der Waals surface area (Å²) in [6.07, 6.45) is -0.492. The third kappa shape index (κ3) is 5.45. The molecule has 0 aliphatic rings. The van der Waals surface area contributed by atoms with Crippen molar-refractivity contribution < 1.29 is 9.84 Å². The predicted molar refractivity (Wildman–Crippen MR) is 105 cm³/mol. The summed E-state index contributed by atoms with van der Waals surface area (Å²) in [5.41, 5.74) is 4.50. The molecule has 0 heterocycles. The van der Waals surface area contributed by atoms with Crippen LogP contribution in [0.15, 0.2) is 78.9 Å². The maximum atomic E-state index is 10.2. The Kier molecular flexibility index (Phi) is 6.42. The number of nitrogens with one attached hydrogen (secondary N) is 1. The van der Waals surface area contributed by atoms with Crippen molar-refractivity contribution in [3.05, 3.63) is 101 Å². The average Bonchev–Trinajstić information content (AvgIpc) is 2.68. The van der Waals surface area contributed by atoms with E-state index in [-0.39, 0.29) is 0 Å². The fourth-order valence-corrected chi connectivity index (χ4v) is 2.82. The van der Waals surface area contributed by atoms with Crippen molar-refractivity contribution in [1.29, 1.82) is 0 Å². The number of benzene rings is 3. The molecule has 0 amide bonds. The van der Waals surface area contributed by atoms with Gasteiger partial charge in [-0.05, 0) is 35.7 Å². The van der Waals surface area contributed by atoms with Crippen LogP contribution in [0.5, 0.6) is 5.75 Å². The number of hydrogen-bond acceptors (Lipinski definition) is 3. The van der Waals surface area contributed by atoms with Crippen LogP contribution in [-0.4, -0.2) is 11.7 Å². The summed E-state index contributed by atoms with van der Waals surface area (Å²) in [6.45, 7) is 3.89. The van der Waals surface area contributed by atoms with Gasteiger partial charge < -0.3 is 15.2 Å². The molecule has 3 aromatic rings. The lowest BCUT2D eigenvalue weighted by Gasteiger charge is -2.12. The van der Waals surface area contributed by atoms with E-state index in [9.17, 15) is 5.11 Å². The Morgan fingerprint density at radius 1 is 0.885 bits per heavy atom. The van der Waals surface area contributed by atoms with Gasteiger partial charge in [0, 0.05) is 13.1 Å². The fourth-order valence-electron chi connectivity index (χ4n) is 2.82. The second kappa shape index (κ2) is 9.18. The van der Waals surface area contributed by atoms with Crippen LogP contribution in [0, 0.1) is 6.92 Å². The molecule has 0 fully saturated rings. The molecule has 3 nitrogen and oxygen atoms in total. The van der Waals surface area contributed by atoms with Crippen LogP contribution in [-0.2, 0) is 13.2 Å². The Morgan fingerprint density at radius 2 is 1.65 bits per heavy atom. The monoisotopic (exact) mass is 347 g/mol. The van der Waals surface area contributed by atoms with Gasteiger partial charge in [0.15, 0.2) is 0 Å². The fraction of sp³-hybridized carbons (Fsp3) is 0.217. The van der Waals surface area contributed by atoms with Gasteiger partial charge in [0.05, 0.1) is 6.10 Å². The highest BCUT2D eigenvalue weighted by Gasteiger charge is 2.06. The van der Waals surface area contributed by atoms with Crippen LogP contribution in [0.25, 0.3) is 0 Å². The van der Waals surface area contributed by atoms with Gasteiger partial charge in [0.1, 0.15) is 12.4 Å². The number of rotatable bonds is 8. The smallest absolute Gasteiger partial charge is 0.119 e. The lowest BCUT2D eigenvalue weighted by molar-refractivity contribution is 0.174. The van der Waals surface area contributed by atoms with E-state index in [0.717, 1.165) is 16.9 Å². The van der Waals surface area contributed by atoms with E-state index in [1.54, 1.807) is 0 Å². The molecule has 0 spiro atoms. The van der Waals surface area contributed by atoms with E-state index < -0.39 is 6.10 Å². The quantitative estimate of drug-likeness (QED) is 0.635. The van der Waals surface area contributed by atoms with Crippen LogP contribution in [0.4, 0.5) is 0 Å². The van der Waals surface area contributed by atoms with Crippen LogP contribution in [0.1, 0.15) is 28.4 Å².